The highest BCUT2D eigenvalue weighted by Gasteiger charge is 2.41. The minimum atomic E-state index is -4.44. The summed E-state index contributed by atoms with van der Waals surface area (Å²) in [5.74, 6) is 0. The van der Waals surface area contributed by atoms with E-state index in [1.165, 1.54) is 0 Å². The van der Waals surface area contributed by atoms with E-state index in [-0.39, 0.29) is 13.2 Å². The highest BCUT2D eigenvalue weighted by molar-refractivity contribution is 7.61. The molecule has 1 aliphatic rings. The van der Waals surface area contributed by atoms with Crippen LogP contribution in [0, 0.1) is 0 Å². The highest BCUT2D eigenvalue weighted by Crippen LogP contribution is 2.64. The molecule has 0 bridgehead atoms. The Hall–Kier alpha value is 0.220. The first-order valence-corrected chi connectivity index (χ1v) is 5.69. The van der Waals surface area contributed by atoms with Crippen LogP contribution in [0.2, 0.25) is 0 Å². The summed E-state index contributed by atoms with van der Waals surface area (Å²) in [4.78, 5) is 8.69. The Kier molecular flexibility index (Phi) is 3.03. The number of phosphoric ester groups is 1. The van der Waals surface area contributed by atoms with Gasteiger partial charge >= 0.3 is 15.6 Å². The van der Waals surface area contributed by atoms with E-state index in [1.54, 1.807) is 0 Å². The van der Waals surface area contributed by atoms with Gasteiger partial charge in [0, 0.05) is 0 Å². The smallest absolute Gasteiger partial charge is 0.302 e. The minimum absolute atomic E-state index is 0.275. The Morgan fingerprint density at radius 2 is 1.83 bits per heavy atom. The Morgan fingerprint density at radius 3 is 2.42 bits per heavy atom. The lowest BCUT2D eigenvalue weighted by molar-refractivity contribution is -0.160. The maximum absolute atomic E-state index is 10.9. The van der Waals surface area contributed by atoms with Gasteiger partial charge in [0.15, 0.2) is 0 Å². The van der Waals surface area contributed by atoms with Crippen LogP contribution >= 0.6 is 15.6 Å². The van der Waals surface area contributed by atoms with Crippen molar-refractivity contribution in [3.8, 4) is 0 Å². The monoisotopic (exact) mass is 220 g/mol. The molecule has 1 fully saturated rings. The number of hydrogen-bond donors (Lipinski definition) is 2. The van der Waals surface area contributed by atoms with Crippen LogP contribution in [-0.2, 0) is 27.2 Å². The zero-order chi connectivity index (χ0) is 9.24. The van der Waals surface area contributed by atoms with Crippen molar-refractivity contribution in [2.75, 3.05) is 13.2 Å². The van der Waals surface area contributed by atoms with Crippen LogP contribution in [-0.4, -0.2) is 23.4 Å². The van der Waals surface area contributed by atoms with E-state index in [0.717, 1.165) is 0 Å². The molecule has 1 saturated heterocycles. The van der Waals surface area contributed by atoms with Crippen molar-refractivity contribution in [2.24, 2.45) is 0 Å². The van der Waals surface area contributed by atoms with E-state index in [2.05, 4.69) is 18.0 Å². The maximum Gasteiger partial charge on any atom is 0.510 e. The van der Waals surface area contributed by atoms with Crippen LogP contribution in [0.3, 0.4) is 0 Å². The molecule has 0 aromatic heterocycles. The minimum Gasteiger partial charge on any atom is -0.302 e. The number of hydrogen-bond acceptors (Lipinski definition) is 7. The summed E-state index contributed by atoms with van der Waals surface area (Å²) in [6, 6.07) is 0. The molecule has 0 amide bonds. The Bertz CT molecular complexity index is 247. The largest absolute Gasteiger partial charge is 0.510 e. The van der Waals surface area contributed by atoms with Gasteiger partial charge in [0.2, 0.25) is 0 Å². The van der Waals surface area contributed by atoms with Gasteiger partial charge in [-0.05, 0) is 0 Å². The third-order valence-electron chi connectivity index (χ3n) is 0.890. The van der Waals surface area contributed by atoms with E-state index in [1.807, 2.05) is 0 Å². The lowest BCUT2D eigenvalue weighted by Crippen LogP contribution is -1.95. The van der Waals surface area contributed by atoms with Gasteiger partial charge in [-0.3, -0.25) is 9.05 Å². The lowest BCUT2D eigenvalue weighted by atomic mass is 10.8. The van der Waals surface area contributed by atoms with Gasteiger partial charge in [-0.1, -0.05) is 0 Å². The summed E-state index contributed by atoms with van der Waals surface area (Å²) >= 11 is 0. The van der Waals surface area contributed by atoms with Crippen LogP contribution in [0.5, 0.6) is 0 Å². The van der Waals surface area contributed by atoms with Crippen molar-refractivity contribution in [1.82, 2.24) is 0 Å². The van der Waals surface area contributed by atoms with Gasteiger partial charge in [-0.25, -0.2) is 14.4 Å². The summed E-state index contributed by atoms with van der Waals surface area (Å²) in [7, 11) is -8.78. The van der Waals surface area contributed by atoms with Gasteiger partial charge in [-0.2, -0.15) is 4.31 Å². The predicted octanol–water partition coefficient (Wildman–Crippen LogP) is 0.748. The molecule has 0 aliphatic carbocycles. The Balaban J connectivity index is 2.80. The maximum atomic E-state index is 10.9. The molecule has 0 aromatic carbocycles. The SMILES string of the molecule is O=P1(O)OCCOP(=O)(OO)O1. The van der Waals surface area contributed by atoms with Crippen molar-refractivity contribution >= 4 is 15.6 Å². The van der Waals surface area contributed by atoms with Gasteiger partial charge in [0.05, 0.1) is 13.2 Å². The number of phosphoric acid groups is 2. The fraction of sp³-hybridized carbons (Fsp3) is 1.00. The lowest BCUT2D eigenvalue weighted by Gasteiger charge is -2.10. The molecule has 72 valence electrons. The third kappa shape index (κ3) is 2.62. The summed E-state index contributed by atoms with van der Waals surface area (Å²) in [6.07, 6.45) is 0. The summed E-state index contributed by atoms with van der Waals surface area (Å²) in [5, 5.41) is 8.01. The summed E-state index contributed by atoms with van der Waals surface area (Å²) < 4.78 is 37.3. The second-order valence-electron chi connectivity index (χ2n) is 1.75. The van der Waals surface area contributed by atoms with Crippen LogP contribution < -0.4 is 0 Å². The molecule has 0 radical (unpaired) electrons. The van der Waals surface area contributed by atoms with Gasteiger partial charge in [-0.15, -0.1) is 4.67 Å². The van der Waals surface area contributed by atoms with Gasteiger partial charge < -0.3 is 4.89 Å². The molecule has 2 unspecified atom stereocenters. The average molecular weight is 220 g/mol. The molecule has 0 spiro atoms. The number of rotatable bonds is 1. The first-order valence-electron chi connectivity index (χ1n) is 2.74. The van der Waals surface area contributed by atoms with E-state index in [0.29, 0.717) is 0 Å². The highest BCUT2D eigenvalue weighted by atomic mass is 31.3. The third-order valence-corrected chi connectivity index (χ3v) is 3.72. The van der Waals surface area contributed by atoms with Crippen molar-refractivity contribution in [3.63, 3.8) is 0 Å². The molecule has 12 heavy (non-hydrogen) atoms. The topological polar surface area (TPSA) is 112 Å². The van der Waals surface area contributed by atoms with Crippen LogP contribution in [0.4, 0.5) is 0 Å². The first-order chi connectivity index (χ1) is 5.47. The Morgan fingerprint density at radius 1 is 1.25 bits per heavy atom. The molecule has 8 nitrogen and oxygen atoms in total. The molecule has 2 atom stereocenters. The first kappa shape index (κ1) is 10.3. The van der Waals surface area contributed by atoms with Gasteiger partial charge in [0.1, 0.15) is 0 Å². The van der Waals surface area contributed by atoms with Crippen LogP contribution in [0.1, 0.15) is 0 Å². The standard InChI is InChI=1S/C2H6O8P2/c3-9-12(6)8-2-1-7-11(4,5)10-12/h3H,1-2H2,(H,4,5). The average Bonchev–Trinajstić information content (AvgIpc) is 2.09. The fourth-order valence-corrected chi connectivity index (χ4v) is 2.67. The molecule has 2 N–H and O–H groups in total. The molecule has 0 saturated carbocycles. The normalized spacial score (nSPS) is 43.8. The second-order valence-corrected chi connectivity index (χ2v) is 4.91. The van der Waals surface area contributed by atoms with E-state index < -0.39 is 15.6 Å². The zero-order valence-corrected chi connectivity index (χ0v) is 7.44. The predicted molar refractivity (Wildman–Crippen MR) is 34.1 cm³/mol. The van der Waals surface area contributed by atoms with Crippen molar-refractivity contribution in [1.29, 1.82) is 0 Å². The molecule has 0 aromatic rings. The molecule has 1 aliphatic heterocycles. The van der Waals surface area contributed by atoms with Crippen molar-refractivity contribution in [2.45, 2.75) is 0 Å². The Labute approximate surface area is 67.2 Å². The quantitative estimate of drug-likeness (QED) is 0.378. The summed E-state index contributed by atoms with van der Waals surface area (Å²) in [6.45, 7) is -0.552. The molecule has 1 heterocycles. The molecular weight excluding hydrogens is 214 g/mol. The van der Waals surface area contributed by atoms with Crippen LogP contribution in [0.25, 0.3) is 0 Å². The molecule has 1 rings (SSSR count). The second kappa shape index (κ2) is 3.53. The van der Waals surface area contributed by atoms with Crippen LogP contribution in [0.15, 0.2) is 0 Å². The zero-order valence-electron chi connectivity index (χ0n) is 5.65. The van der Waals surface area contributed by atoms with Gasteiger partial charge in [0.25, 0.3) is 0 Å². The summed E-state index contributed by atoms with van der Waals surface area (Å²) in [5.41, 5.74) is 0. The van der Waals surface area contributed by atoms with Crippen molar-refractivity contribution in [3.05, 3.63) is 0 Å². The van der Waals surface area contributed by atoms with Crippen molar-refractivity contribution < 1.29 is 37.3 Å². The fourth-order valence-electron chi connectivity index (χ4n) is 0.514. The van der Waals surface area contributed by atoms with E-state index in [9.17, 15) is 9.13 Å². The molecular formula is C2H6O8P2. The molecule has 10 heteroatoms. The van der Waals surface area contributed by atoms with E-state index >= 15 is 0 Å². The van der Waals surface area contributed by atoms with E-state index in [4.69, 9.17) is 10.2 Å².